The molecule has 124 valence electrons. The van der Waals surface area contributed by atoms with Crippen molar-refractivity contribution in [1.82, 2.24) is 0 Å². The van der Waals surface area contributed by atoms with Gasteiger partial charge in [-0.2, -0.15) is 0 Å². The zero-order chi connectivity index (χ0) is 16.9. The lowest BCUT2D eigenvalue weighted by Crippen LogP contribution is -2.37. The topological polar surface area (TPSA) is 3.88 Å². The molecule has 1 nitrogen and oxygen atoms in total. The molecular weight excluding hydrogens is 278 g/mol. The predicted octanol–water partition coefficient (Wildman–Crippen LogP) is 5.55. The summed E-state index contributed by atoms with van der Waals surface area (Å²) in [5.74, 6) is 0. The Kier molecular flexibility index (Phi) is 5.98. The van der Waals surface area contributed by atoms with E-state index in [1.54, 1.807) is 0 Å². The maximum Gasteiger partial charge on any atom is 0.169 e. The first-order valence-corrected chi connectivity index (χ1v) is 9.11. The summed E-state index contributed by atoms with van der Waals surface area (Å²) in [4.78, 5) is 0. The molecule has 1 atom stereocenters. The maximum absolute atomic E-state index is 2.34. The van der Waals surface area contributed by atoms with Crippen molar-refractivity contribution >= 4 is 0 Å². The lowest BCUT2D eigenvalue weighted by Gasteiger charge is -2.32. The Morgan fingerprint density at radius 2 is 1.48 bits per heavy atom. The Morgan fingerprint density at radius 3 is 1.96 bits per heavy atom. The Labute approximate surface area is 142 Å². The van der Waals surface area contributed by atoms with Crippen molar-refractivity contribution in [2.45, 2.75) is 71.8 Å². The molecule has 0 saturated carbocycles. The molecule has 0 fully saturated rings. The fourth-order valence-electron chi connectivity index (χ4n) is 3.40. The van der Waals surface area contributed by atoms with Crippen LogP contribution >= 0.6 is 0 Å². The standard InChI is InChI=1S/C22H32N/c1-6-19(5)23-15-13-21(14-16-23)22(7-2,8-3)17-20-11-9-18(4)10-12-20/h9-16,19H,6-8,17H2,1-5H3/q+1. The van der Waals surface area contributed by atoms with Gasteiger partial charge in [0.1, 0.15) is 0 Å². The van der Waals surface area contributed by atoms with Crippen molar-refractivity contribution < 1.29 is 4.57 Å². The summed E-state index contributed by atoms with van der Waals surface area (Å²) in [7, 11) is 0. The molecule has 0 aliphatic carbocycles. The molecule has 0 bridgehead atoms. The summed E-state index contributed by atoms with van der Waals surface area (Å²) in [5.41, 5.74) is 4.49. The van der Waals surface area contributed by atoms with Gasteiger partial charge in [0, 0.05) is 18.6 Å². The van der Waals surface area contributed by atoms with E-state index in [1.807, 2.05) is 0 Å². The number of hydrogen-bond acceptors (Lipinski definition) is 0. The largest absolute Gasteiger partial charge is 0.203 e. The molecule has 0 saturated heterocycles. The molecule has 0 radical (unpaired) electrons. The van der Waals surface area contributed by atoms with Gasteiger partial charge in [0.25, 0.3) is 0 Å². The predicted molar refractivity (Wildman–Crippen MR) is 98.8 cm³/mol. The van der Waals surface area contributed by atoms with E-state index >= 15 is 0 Å². The summed E-state index contributed by atoms with van der Waals surface area (Å²) >= 11 is 0. The van der Waals surface area contributed by atoms with E-state index in [0.29, 0.717) is 6.04 Å². The molecule has 2 aromatic rings. The van der Waals surface area contributed by atoms with E-state index in [-0.39, 0.29) is 5.41 Å². The highest BCUT2D eigenvalue weighted by molar-refractivity contribution is 5.29. The Morgan fingerprint density at radius 1 is 0.913 bits per heavy atom. The van der Waals surface area contributed by atoms with Crippen LogP contribution in [0, 0.1) is 6.92 Å². The van der Waals surface area contributed by atoms with Crippen LogP contribution < -0.4 is 4.57 Å². The zero-order valence-corrected chi connectivity index (χ0v) is 15.5. The van der Waals surface area contributed by atoms with Crippen molar-refractivity contribution in [2.75, 3.05) is 0 Å². The Balaban J connectivity index is 2.30. The van der Waals surface area contributed by atoms with Gasteiger partial charge in [-0.05, 0) is 49.7 Å². The van der Waals surface area contributed by atoms with Crippen LogP contribution in [0.5, 0.6) is 0 Å². The summed E-state index contributed by atoms with van der Waals surface area (Å²) < 4.78 is 2.32. The van der Waals surface area contributed by atoms with E-state index in [9.17, 15) is 0 Å². The lowest BCUT2D eigenvalue weighted by molar-refractivity contribution is -0.720. The second kappa shape index (κ2) is 7.77. The molecule has 0 N–H and O–H groups in total. The third-order valence-electron chi connectivity index (χ3n) is 5.58. The fourth-order valence-corrected chi connectivity index (χ4v) is 3.40. The third-order valence-corrected chi connectivity index (χ3v) is 5.58. The van der Waals surface area contributed by atoms with Crippen molar-refractivity contribution in [3.63, 3.8) is 0 Å². The van der Waals surface area contributed by atoms with Crippen molar-refractivity contribution in [3.05, 3.63) is 65.5 Å². The minimum Gasteiger partial charge on any atom is -0.203 e. The van der Waals surface area contributed by atoms with E-state index in [2.05, 4.69) is 88.0 Å². The summed E-state index contributed by atoms with van der Waals surface area (Å²) in [6.45, 7) is 11.3. The van der Waals surface area contributed by atoms with Crippen LogP contribution in [0.4, 0.5) is 0 Å². The monoisotopic (exact) mass is 310 g/mol. The first kappa shape index (κ1) is 17.7. The van der Waals surface area contributed by atoms with Crippen LogP contribution in [0.25, 0.3) is 0 Å². The fraction of sp³-hybridized carbons (Fsp3) is 0.500. The average Bonchev–Trinajstić information content (AvgIpc) is 2.61. The summed E-state index contributed by atoms with van der Waals surface area (Å²) in [6, 6.07) is 14.3. The van der Waals surface area contributed by atoms with Crippen LogP contribution in [-0.4, -0.2) is 0 Å². The minimum atomic E-state index is 0.240. The molecule has 1 aromatic heterocycles. The van der Waals surface area contributed by atoms with Gasteiger partial charge in [0.05, 0.1) is 0 Å². The number of aromatic nitrogens is 1. The third kappa shape index (κ3) is 4.02. The maximum atomic E-state index is 2.34. The van der Waals surface area contributed by atoms with E-state index < -0.39 is 0 Å². The van der Waals surface area contributed by atoms with Crippen LogP contribution in [0.15, 0.2) is 48.8 Å². The van der Waals surface area contributed by atoms with E-state index in [1.165, 1.54) is 36.0 Å². The number of aryl methyl sites for hydroxylation is 1. The average molecular weight is 311 g/mol. The van der Waals surface area contributed by atoms with Gasteiger partial charge in [-0.15, -0.1) is 0 Å². The summed E-state index contributed by atoms with van der Waals surface area (Å²) in [6.07, 6.45) is 9.15. The summed E-state index contributed by atoms with van der Waals surface area (Å²) in [5, 5.41) is 0. The number of pyridine rings is 1. The molecule has 23 heavy (non-hydrogen) atoms. The highest BCUT2D eigenvalue weighted by Gasteiger charge is 2.29. The molecule has 2 rings (SSSR count). The molecular formula is C22H32N+. The molecule has 0 aliphatic rings. The molecule has 0 aliphatic heterocycles. The first-order valence-electron chi connectivity index (χ1n) is 9.11. The number of rotatable bonds is 7. The van der Waals surface area contributed by atoms with Crippen LogP contribution in [0.2, 0.25) is 0 Å². The van der Waals surface area contributed by atoms with Crippen LogP contribution in [0.3, 0.4) is 0 Å². The van der Waals surface area contributed by atoms with Gasteiger partial charge in [0.15, 0.2) is 18.4 Å². The molecule has 1 heterocycles. The molecule has 1 heteroatoms. The van der Waals surface area contributed by atoms with Crippen LogP contribution in [0.1, 0.15) is 69.7 Å². The lowest BCUT2D eigenvalue weighted by atomic mass is 9.72. The SMILES string of the molecule is CCC(C)[n+]1ccc(C(CC)(CC)Cc2ccc(C)cc2)cc1. The van der Waals surface area contributed by atoms with Gasteiger partial charge in [0.2, 0.25) is 0 Å². The van der Waals surface area contributed by atoms with Crippen molar-refractivity contribution in [3.8, 4) is 0 Å². The first-order chi connectivity index (χ1) is 11.0. The highest BCUT2D eigenvalue weighted by atomic mass is 15.0. The Bertz CT molecular complexity index is 591. The second-order valence-corrected chi connectivity index (χ2v) is 6.94. The molecule has 1 aromatic carbocycles. The minimum absolute atomic E-state index is 0.240. The van der Waals surface area contributed by atoms with Gasteiger partial charge in [-0.25, -0.2) is 4.57 Å². The highest BCUT2D eigenvalue weighted by Crippen LogP contribution is 2.35. The quantitative estimate of drug-likeness (QED) is 0.590. The zero-order valence-electron chi connectivity index (χ0n) is 15.5. The number of nitrogens with zero attached hydrogens (tertiary/aromatic N) is 1. The smallest absolute Gasteiger partial charge is 0.169 e. The van der Waals surface area contributed by atoms with Crippen LogP contribution in [-0.2, 0) is 11.8 Å². The number of benzene rings is 1. The van der Waals surface area contributed by atoms with Gasteiger partial charge < -0.3 is 0 Å². The molecule has 1 unspecified atom stereocenters. The van der Waals surface area contributed by atoms with E-state index in [0.717, 1.165) is 6.42 Å². The van der Waals surface area contributed by atoms with Gasteiger partial charge >= 0.3 is 0 Å². The van der Waals surface area contributed by atoms with Crippen molar-refractivity contribution in [1.29, 1.82) is 0 Å². The molecule has 0 amide bonds. The molecule has 0 spiro atoms. The Hall–Kier alpha value is -1.63. The second-order valence-electron chi connectivity index (χ2n) is 6.94. The van der Waals surface area contributed by atoms with Gasteiger partial charge in [-0.1, -0.05) is 50.6 Å². The van der Waals surface area contributed by atoms with Gasteiger partial charge in [-0.3, -0.25) is 0 Å². The number of hydrogen-bond donors (Lipinski definition) is 0. The normalized spacial score (nSPS) is 13.1. The van der Waals surface area contributed by atoms with E-state index in [4.69, 9.17) is 0 Å². The van der Waals surface area contributed by atoms with Crippen molar-refractivity contribution in [2.24, 2.45) is 0 Å².